The molecule has 0 fully saturated rings. The van der Waals surface area contributed by atoms with Crippen LogP contribution in [0.5, 0.6) is 5.75 Å². The lowest BCUT2D eigenvalue weighted by molar-refractivity contribution is -0.274. The lowest BCUT2D eigenvalue weighted by Crippen LogP contribution is -2.17. The van der Waals surface area contributed by atoms with E-state index in [0.717, 1.165) is 12.1 Å². The minimum Gasteiger partial charge on any atom is -0.406 e. The maximum atomic E-state index is 11.6. The zero-order valence-corrected chi connectivity index (χ0v) is 5.85. The van der Waals surface area contributed by atoms with E-state index in [1.54, 1.807) is 0 Å². The lowest BCUT2D eigenvalue weighted by Gasteiger charge is -2.08. The van der Waals surface area contributed by atoms with E-state index >= 15 is 0 Å². The molecule has 1 radical (unpaired) electrons. The van der Waals surface area contributed by atoms with Crippen LogP contribution in [-0.4, -0.2) is 6.36 Å². The third-order valence-electron chi connectivity index (χ3n) is 1.03. The summed E-state index contributed by atoms with van der Waals surface area (Å²) in [4.78, 5) is 0. The molecular formula is C7H5F3NO. The molecule has 2 nitrogen and oxygen atoms in total. The van der Waals surface area contributed by atoms with Crippen molar-refractivity contribution in [1.29, 1.82) is 0 Å². The molecule has 0 atom stereocenters. The van der Waals surface area contributed by atoms with Crippen LogP contribution in [0.15, 0.2) is 18.2 Å². The smallest absolute Gasteiger partial charge is 0.406 e. The second-order valence-electron chi connectivity index (χ2n) is 2.03. The third kappa shape index (κ3) is 2.69. The molecule has 0 amide bonds. The summed E-state index contributed by atoms with van der Waals surface area (Å²) in [5.41, 5.74) is 5.28. The number of benzene rings is 1. The number of hydrogen-bond acceptors (Lipinski definition) is 2. The van der Waals surface area contributed by atoms with Crippen LogP contribution in [-0.2, 0) is 0 Å². The van der Waals surface area contributed by atoms with Gasteiger partial charge in [0.05, 0.1) is 0 Å². The van der Waals surface area contributed by atoms with Crippen LogP contribution in [0.3, 0.4) is 0 Å². The summed E-state index contributed by atoms with van der Waals surface area (Å²) in [7, 11) is 0. The van der Waals surface area contributed by atoms with Crippen LogP contribution in [0, 0.1) is 6.07 Å². The van der Waals surface area contributed by atoms with Crippen LogP contribution >= 0.6 is 0 Å². The summed E-state index contributed by atoms with van der Waals surface area (Å²) in [6.45, 7) is 0. The minimum atomic E-state index is -4.67. The van der Waals surface area contributed by atoms with E-state index in [1.165, 1.54) is 6.07 Å². The average molecular weight is 176 g/mol. The molecule has 0 aliphatic rings. The molecule has 0 unspecified atom stereocenters. The quantitative estimate of drug-likeness (QED) is 0.664. The number of halogens is 3. The molecule has 0 saturated carbocycles. The molecule has 5 heteroatoms. The Kier molecular flexibility index (Phi) is 2.12. The molecule has 2 N–H and O–H groups in total. The number of nitrogens with two attached hydrogens (primary N) is 1. The predicted molar refractivity (Wildman–Crippen MR) is 36.4 cm³/mol. The molecule has 65 valence electrons. The molecule has 0 bridgehead atoms. The molecule has 1 aromatic carbocycles. The van der Waals surface area contributed by atoms with Crippen LogP contribution in [0.4, 0.5) is 18.9 Å². The van der Waals surface area contributed by atoms with Crippen molar-refractivity contribution >= 4 is 5.69 Å². The number of nitrogen functional groups attached to an aromatic ring is 1. The molecule has 0 aliphatic carbocycles. The topological polar surface area (TPSA) is 35.2 Å². The first-order chi connectivity index (χ1) is 5.47. The maximum Gasteiger partial charge on any atom is 0.573 e. The van der Waals surface area contributed by atoms with Crippen molar-refractivity contribution in [1.82, 2.24) is 0 Å². The van der Waals surface area contributed by atoms with E-state index in [-0.39, 0.29) is 11.4 Å². The van der Waals surface area contributed by atoms with Crippen LogP contribution in [0.25, 0.3) is 0 Å². The van der Waals surface area contributed by atoms with Gasteiger partial charge in [0.15, 0.2) is 0 Å². The van der Waals surface area contributed by atoms with Gasteiger partial charge in [-0.2, -0.15) is 0 Å². The van der Waals surface area contributed by atoms with E-state index in [0.29, 0.717) is 0 Å². The van der Waals surface area contributed by atoms with Crippen molar-refractivity contribution < 1.29 is 17.9 Å². The number of alkyl halides is 3. The Balaban J connectivity index is 2.77. The summed E-state index contributed by atoms with van der Waals surface area (Å²) in [6, 6.07) is 5.93. The molecule has 0 heterocycles. The third-order valence-corrected chi connectivity index (χ3v) is 1.03. The zero-order chi connectivity index (χ0) is 9.19. The molecule has 12 heavy (non-hydrogen) atoms. The van der Waals surface area contributed by atoms with Crippen LogP contribution in [0.2, 0.25) is 0 Å². The van der Waals surface area contributed by atoms with Gasteiger partial charge in [0.1, 0.15) is 5.75 Å². The van der Waals surface area contributed by atoms with Crippen LogP contribution in [0.1, 0.15) is 0 Å². The first-order valence-electron chi connectivity index (χ1n) is 3.00. The van der Waals surface area contributed by atoms with Crippen molar-refractivity contribution in [2.45, 2.75) is 6.36 Å². The van der Waals surface area contributed by atoms with Gasteiger partial charge < -0.3 is 10.5 Å². The van der Waals surface area contributed by atoms with Gasteiger partial charge in [-0.05, 0) is 12.1 Å². The number of ether oxygens (including phenoxy) is 1. The van der Waals surface area contributed by atoms with E-state index < -0.39 is 6.36 Å². The minimum absolute atomic E-state index is 0.108. The highest BCUT2D eigenvalue weighted by atomic mass is 19.4. The van der Waals surface area contributed by atoms with E-state index in [4.69, 9.17) is 5.73 Å². The van der Waals surface area contributed by atoms with Crippen molar-refractivity contribution in [2.75, 3.05) is 5.73 Å². The molecule has 1 rings (SSSR count). The first-order valence-corrected chi connectivity index (χ1v) is 3.00. The van der Waals surface area contributed by atoms with Gasteiger partial charge in [-0.15, -0.1) is 13.2 Å². The highest BCUT2D eigenvalue weighted by Crippen LogP contribution is 2.23. The van der Waals surface area contributed by atoms with Crippen LogP contribution < -0.4 is 10.5 Å². The highest BCUT2D eigenvalue weighted by molar-refractivity contribution is 5.42. The summed E-state index contributed by atoms with van der Waals surface area (Å²) in [6.07, 6.45) is -4.67. The summed E-state index contributed by atoms with van der Waals surface area (Å²) in [5, 5.41) is 0. The summed E-state index contributed by atoms with van der Waals surface area (Å²) < 4.78 is 38.4. The van der Waals surface area contributed by atoms with Gasteiger partial charge in [-0.3, -0.25) is 0 Å². The second-order valence-corrected chi connectivity index (χ2v) is 2.03. The Morgan fingerprint density at radius 2 is 2.08 bits per heavy atom. The van der Waals surface area contributed by atoms with Gasteiger partial charge in [0.25, 0.3) is 0 Å². The lowest BCUT2D eigenvalue weighted by atomic mass is 10.3. The summed E-state index contributed by atoms with van der Waals surface area (Å²) in [5.74, 6) is -0.334. The fraction of sp³-hybridized carbons (Fsp3) is 0.143. The Hall–Kier alpha value is -1.39. The van der Waals surface area contributed by atoms with Crippen molar-refractivity contribution in [2.24, 2.45) is 0 Å². The standard InChI is InChI=1S/C7H5F3NO/c8-7(9,10)12-6-3-1-2-5(11)4-6/h1,3-4H,11H2. The molecule has 0 aromatic heterocycles. The Morgan fingerprint density at radius 3 is 2.58 bits per heavy atom. The molecule has 0 aliphatic heterocycles. The molecule has 1 aromatic rings. The molecular weight excluding hydrogens is 171 g/mol. The van der Waals surface area contributed by atoms with Gasteiger partial charge in [0.2, 0.25) is 0 Å². The highest BCUT2D eigenvalue weighted by Gasteiger charge is 2.30. The predicted octanol–water partition coefficient (Wildman–Crippen LogP) is 1.97. The number of hydrogen-bond donors (Lipinski definition) is 1. The number of anilines is 1. The SMILES string of the molecule is Nc1[c]ccc(OC(F)(F)F)c1. The van der Waals surface area contributed by atoms with Crippen molar-refractivity contribution in [3.63, 3.8) is 0 Å². The zero-order valence-electron chi connectivity index (χ0n) is 5.85. The average Bonchev–Trinajstić information content (AvgIpc) is 1.82. The normalized spacial score (nSPS) is 11.2. The molecule has 0 saturated heterocycles. The van der Waals surface area contributed by atoms with Gasteiger partial charge in [-0.1, -0.05) is 0 Å². The number of rotatable bonds is 1. The van der Waals surface area contributed by atoms with E-state index in [9.17, 15) is 13.2 Å². The van der Waals surface area contributed by atoms with Crippen molar-refractivity contribution in [3.8, 4) is 5.75 Å². The summed E-state index contributed by atoms with van der Waals surface area (Å²) >= 11 is 0. The maximum absolute atomic E-state index is 11.6. The monoisotopic (exact) mass is 176 g/mol. The first kappa shape index (κ1) is 8.70. The van der Waals surface area contributed by atoms with Gasteiger partial charge >= 0.3 is 6.36 Å². The fourth-order valence-electron chi connectivity index (χ4n) is 0.660. The Morgan fingerprint density at radius 1 is 1.42 bits per heavy atom. The molecule has 0 spiro atoms. The Labute approximate surface area is 66.7 Å². The largest absolute Gasteiger partial charge is 0.573 e. The van der Waals surface area contributed by atoms with E-state index in [1.807, 2.05) is 0 Å². The van der Waals surface area contributed by atoms with Gasteiger partial charge in [-0.25, -0.2) is 0 Å². The fourth-order valence-corrected chi connectivity index (χ4v) is 0.660. The Bertz CT molecular complexity index is 272. The van der Waals surface area contributed by atoms with E-state index in [2.05, 4.69) is 10.8 Å². The van der Waals surface area contributed by atoms with Crippen molar-refractivity contribution in [3.05, 3.63) is 24.3 Å². The second kappa shape index (κ2) is 2.92. The van der Waals surface area contributed by atoms with Gasteiger partial charge in [0, 0.05) is 17.8 Å².